The van der Waals surface area contributed by atoms with E-state index >= 15 is 0 Å². The van der Waals surface area contributed by atoms with Gasteiger partial charge in [0.2, 0.25) is 0 Å². The second-order valence-corrected chi connectivity index (χ2v) is 3.59. The number of carbonyl (C=O) groups excluding carboxylic acids is 1. The molecule has 0 aliphatic heterocycles. The Balaban J connectivity index is 2.25. The molecule has 0 unspecified atom stereocenters. The summed E-state index contributed by atoms with van der Waals surface area (Å²) in [5.74, 6) is 0.423. The Kier molecular flexibility index (Phi) is 2.97. The van der Waals surface area contributed by atoms with Crippen LogP contribution in [0.4, 0.5) is 0 Å². The van der Waals surface area contributed by atoms with Crippen molar-refractivity contribution in [3.8, 4) is 0 Å². The summed E-state index contributed by atoms with van der Waals surface area (Å²) in [5, 5.41) is 7.88. The molecule has 5 heteroatoms. The largest absolute Gasteiger partial charge is 0.298 e. The quantitative estimate of drug-likeness (QED) is 0.741. The summed E-state index contributed by atoms with van der Waals surface area (Å²) in [5.41, 5.74) is 1.68. The standard InChI is InChI=1S/C10H10ClN3O/c11-6-5-8(15)7-14-10-4-2-1-3-9(10)12-13-14/h1-4H,5-7H2. The number of hydrogen-bond donors (Lipinski definition) is 0. The second kappa shape index (κ2) is 4.40. The molecule has 0 fully saturated rings. The minimum atomic E-state index is 0.0700. The smallest absolute Gasteiger partial charge is 0.155 e. The van der Waals surface area contributed by atoms with Crippen molar-refractivity contribution in [3.63, 3.8) is 0 Å². The van der Waals surface area contributed by atoms with Gasteiger partial charge in [0.25, 0.3) is 0 Å². The van der Waals surface area contributed by atoms with Gasteiger partial charge in [-0.05, 0) is 12.1 Å². The molecule has 78 valence electrons. The number of aromatic nitrogens is 3. The Hall–Kier alpha value is -1.42. The third-order valence-corrected chi connectivity index (χ3v) is 2.31. The highest BCUT2D eigenvalue weighted by Gasteiger charge is 2.07. The number of halogens is 1. The molecule has 0 radical (unpaired) electrons. The molecular formula is C10H10ClN3O. The maximum absolute atomic E-state index is 11.4. The Morgan fingerprint density at radius 2 is 2.20 bits per heavy atom. The Morgan fingerprint density at radius 1 is 1.40 bits per heavy atom. The van der Waals surface area contributed by atoms with Crippen LogP contribution in [0.3, 0.4) is 0 Å². The van der Waals surface area contributed by atoms with Gasteiger partial charge in [-0.2, -0.15) is 0 Å². The Bertz CT molecular complexity index is 480. The van der Waals surface area contributed by atoms with Crippen molar-refractivity contribution < 1.29 is 4.79 Å². The lowest BCUT2D eigenvalue weighted by Gasteiger charge is -1.99. The van der Waals surface area contributed by atoms with Gasteiger partial charge >= 0.3 is 0 Å². The first-order valence-corrected chi connectivity index (χ1v) is 5.20. The zero-order valence-corrected chi connectivity index (χ0v) is 8.81. The van der Waals surface area contributed by atoms with Crippen LogP contribution in [0.5, 0.6) is 0 Å². The molecule has 0 atom stereocenters. The summed E-state index contributed by atoms with van der Waals surface area (Å²) in [4.78, 5) is 11.4. The average molecular weight is 224 g/mol. The third-order valence-electron chi connectivity index (χ3n) is 2.12. The third kappa shape index (κ3) is 2.15. The highest BCUT2D eigenvalue weighted by molar-refractivity contribution is 6.19. The number of hydrogen-bond acceptors (Lipinski definition) is 3. The molecule has 0 saturated heterocycles. The van der Waals surface area contributed by atoms with Crippen LogP contribution >= 0.6 is 11.6 Å². The zero-order chi connectivity index (χ0) is 10.7. The van der Waals surface area contributed by atoms with E-state index in [1.165, 1.54) is 0 Å². The molecule has 1 aromatic carbocycles. The van der Waals surface area contributed by atoms with E-state index in [1.807, 2.05) is 24.3 Å². The molecule has 2 aromatic rings. The molecule has 0 bridgehead atoms. The summed E-state index contributed by atoms with van der Waals surface area (Å²) in [6, 6.07) is 7.55. The zero-order valence-electron chi connectivity index (χ0n) is 8.06. The number of alkyl halides is 1. The lowest BCUT2D eigenvalue weighted by Crippen LogP contribution is -2.11. The minimum absolute atomic E-state index is 0.0700. The van der Waals surface area contributed by atoms with Crippen molar-refractivity contribution in [2.45, 2.75) is 13.0 Å². The fraction of sp³-hybridized carbons (Fsp3) is 0.300. The second-order valence-electron chi connectivity index (χ2n) is 3.21. The van der Waals surface area contributed by atoms with Crippen molar-refractivity contribution in [1.29, 1.82) is 0 Å². The number of para-hydroxylation sites is 1. The van der Waals surface area contributed by atoms with Crippen LogP contribution in [-0.2, 0) is 11.3 Å². The lowest BCUT2D eigenvalue weighted by molar-refractivity contribution is -0.119. The monoisotopic (exact) mass is 223 g/mol. The molecule has 15 heavy (non-hydrogen) atoms. The van der Waals surface area contributed by atoms with E-state index in [9.17, 15) is 4.79 Å². The number of Topliss-reactive ketones (excluding diaryl/α,β-unsaturated/α-hetero) is 1. The molecule has 2 rings (SSSR count). The lowest BCUT2D eigenvalue weighted by atomic mass is 10.3. The predicted molar refractivity (Wildman–Crippen MR) is 57.9 cm³/mol. The van der Waals surface area contributed by atoms with Crippen LogP contribution in [0, 0.1) is 0 Å². The first-order chi connectivity index (χ1) is 7.31. The fourth-order valence-corrected chi connectivity index (χ4v) is 1.60. The molecule has 0 aliphatic carbocycles. The van der Waals surface area contributed by atoms with Crippen LogP contribution in [-0.4, -0.2) is 26.7 Å². The highest BCUT2D eigenvalue weighted by Crippen LogP contribution is 2.09. The summed E-state index contributed by atoms with van der Waals surface area (Å²) < 4.78 is 1.60. The summed E-state index contributed by atoms with van der Waals surface area (Å²) in [6.45, 7) is 0.243. The van der Waals surface area contributed by atoms with E-state index in [-0.39, 0.29) is 12.3 Å². The van der Waals surface area contributed by atoms with Gasteiger partial charge in [0.05, 0.1) is 5.52 Å². The number of benzene rings is 1. The van der Waals surface area contributed by atoms with Crippen molar-refractivity contribution in [2.24, 2.45) is 0 Å². The van der Waals surface area contributed by atoms with E-state index in [0.717, 1.165) is 11.0 Å². The maximum Gasteiger partial charge on any atom is 0.155 e. The van der Waals surface area contributed by atoms with Crippen molar-refractivity contribution in [1.82, 2.24) is 15.0 Å². The maximum atomic E-state index is 11.4. The number of rotatable bonds is 4. The summed E-state index contributed by atoms with van der Waals surface area (Å²) in [6.07, 6.45) is 0.371. The SMILES string of the molecule is O=C(CCCl)Cn1nnc2ccccc21. The van der Waals surface area contributed by atoms with E-state index in [1.54, 1.807) is 4.68 Å². The molecule has 0 amide bonds. The van der Waals surface area contributed by atoms with Crippen molar-refractivity contribution >= 4 is 28.4 Å². The van der Waals surface area contributed by atoms with Gasteiger partial charge in [0.1, 0.15) is 12.1 Å². The molecule has 1 aromatic heterocycles. The Morgan fingerprint density at radius 3 is 3.00 bits per heavy atom. The van der Waals surface area contributed by atoms with Crippen LogP contribution in [0.2, 0.25) is 0 Å². The number of nitrogens with zero attached hydrogens (tertiary/aromatic N) is 3. The van der Waals surface area contributed by atoms with Crippen LogP contribution < -0.4 is 0 Å². The molecule has 0 N–H and O–H groups in total. The van der Waals surface area contributed by atoms with Gasteiger partial charge < -0.3 is 0 Å². The van der Waals surface area contributed by atoms with Crippen molar-refractivity contribution in [2.75, 3.05) is 5.88 Å². The molecular weight excluding hydrogens is 214 g/mol. The van der Waals surface area contributed by atoms with E-state index in [0.29, 0.717) is 12.3 Å². The van der Waals surface area contributed by atoms with E-state index < -0.39 is 0 Å². The number of ketones is 1. The van der Waals surface area contributed by atoms with Gasteiger partial charge in [0.15, 0.2) is 5.78 Å². The van der Waals surface area contributed by atoms with Crippen molar-refractivity contribution in [3.05, 3.63) is 24.3 Å². The molecule has 0 spiro atoms. The summed E-state index contributed by atoms with van der Waals surface area (Å²) in [7, 11) is 0. The minimum Gasteiger partial charge on any atom is -0.298 e. The molecule has 1 heterocycles. The number of carbonyl (C=O) groups is 1. The molecule has 0 aliphatic rings. The van der Waals surface area contributed by atoms with Gasteiger partial charge in [-0.3, -0.25) is 4.79 Å². The Labute approximate surface area is 91.8 Å². The van der Waals surface area contributed by atoms with Crippen LogP contribution in [0.1, 0.15) is 6.42 Å². The fourth-order valence-electron chi connectivity index (χ4n) is 1.39. The predicted octanol–water partition coefficient (Wildman–Crippen LogP) is 1.63. The highest BCUT2D eigenvalue weighted by atomic mass is 35.5. The van der Waals surface area contributed by atoms with Crippen LogP contribution in [0.25, 0.3) is 11.0 Å². The van der Waals surface area contributed by atoms with Gasteiger partial charge in [-0.1, -0.05) is 17.3 Å². The topological polar surface area (TPSA) is 47.8 Å². The van der Waals surface area contributed by atoms with E-state index in [2.05, 4.69) is 10.3 Å². The van der Waals surface area contributed by atoms with Gasteiger partial charge in [-0.25, -0.2) is 4.68 Å². The normalized spacial score (nSPS) is 10.7. The van der Waals surface area contributed by atoms with E-state index in [4.69, 9.17) is 11.6 Å². The first-order valence-electron chi connectivity index (χ1n) is 4.67. The van der Waals surface area contributed by atoms with Crippen LogP contribution in [0.15, 0.2) is 24.3 Å². The molecule has 0 saturated carbocycles. The average Bonchev–Trinajstić information content (AvgIpc) is 2.62. The number of fused-ring (bicyclic) bond motifs is 1. The summed E-state index contributed by atoms with van der Waals surface area (Å²) >= 11 is 5.49. The first kappa shape index (κ1) is 10.1. The van der Waals surface area contributed by atoms with Gasteiger partial charge in [-0.15, -0.1) is 16.7 Å². The van der Waals surface area contributed by atoms with Gasteiger partial charge in [0, 0.05) is 12.3 Å². The molecule has 4 nitrogen and oxygen atoms in total.